The second-order valence-corrected chi connectivity index (χ2v) is 5.62. The monoisotopic (exact) mass is 354 g/mol. The van der Waals surface area contributed by atoms with E-state index in [0.29, 0.717) is 43.3 Å². The lowest BCUT2D eigenvalue weighted by Gasteiger charge is -1.97. The van der Waals surface area contributed by atoms with Gasteiger partial charge in [0.25, 0.3) is 0 Å². The Morgan fingerprint density at radius 1 is 1.40 bits per heavy atom. The first-order chi connectivity index (χ1) is 9.56. The van der Waals surface area contributed by atoms with Gasteiger partial charge in [-0.05, 0) is 12.1 Å². The maximum absolute atomic E-state index is 10.2. The van der Waals surface area contributed by atoms with E-state index in [9.17, 15) is 4.79 Å². The number of aromatic nitrogens is 1. The molecule has 0 aliphatic heterocycles. The molecule has 2 aromatic rings. The number of rotatable bonds is 2. The third-order valence-corrected chi connectivity index (χ3v) is 3.61. The Labute approximate surface area is 134 Å². The van der Waals surface area contributed by atoms with E-state index in [2.05, 4.69) is 4.98 Å². The van der Waals surface area contributed by atoms with Crippen LogP contribution in [-0.2, 0) is 0 Å². The van der Waals surface area contributed by atoms with Crippen molar-refractivity contribution in [2.45, 2.75) is 4.90 Å². The molecule has 0 saturated carbocycles. The van der Waals surface area contributed by atoms with Crippen LogP contribution < -0.4 is 5.73 Å². The molecule has 1 heterocycles. The zero-order valence-corrected chi connectivity index (χ0v) is 13.4. The Bertz CT molecular complexity index is 522. The zero-order valence-electron chi connectivity index (χ0n) is 10.3. The molecule has 0 atom stereocenters. The number of hydrogen-bond acceptors (Lipinski definition) is 7. The first kappa shape index (κ1) is 19.2. The number of hydrogen-bond donors (Lipinski definition) is 3. The predicted molar refractivity (Wildman–Crippen MR) is 85.0 cm³/mol. The topological polar surface area (TPSA) is 96.4 Å². The van der Waals surface area contributed by atoms with Crippen LogP contribution in [0.25, 0.3) is 0 Å². The quantitative estimate of drug-likeness (QED) is 0.561. The number of aliphatic hydroxyl groups is 1. The normalized spacial score (nSPS) is 8.85. The van der Waals surface area contributed by atoms with Crippen LogP contribution in [0.3, 0.4) is 0 Å². The van der Waals surface area contributed by atoms with Crippen molar-refractivity contribution in [2.24, 2.45) is 0 Å². The second kappa shape index (κ2) is 10.9. The van der Waals surface area contributed by atoms with Gasteiger partial charge < -0.3 is 15.4 Å². The van der Waals surface area contributed by atoms with E-state index in [0.717, 1.165) is 7.11 Å². The minimum absolute atomic E-state index is 0.391. The third kappa shape index (κ3) is 7.09. The van der Waals surface area contributed by atoms with E-state index in [4.69, 9.17) is 38.6 Å². The molecule has 9 heteroatoms. The minimum Gasteiger partial charge on any atom is -0.400 e. The second-order valence-electron chi connectivity index (χ2n) is 2.90. The molecule has 20 heavy (non-hydrogen) atoms. The molecule has 0 unspecified atom stereocenters. The number of anilines is 1. The predicted octanol–water partition coefficient (Wildman–Crippen LogP) is 3.70. The summed E-state index contributed by atoms with van der Waals surface area (Å²) in [7, 11) is 1.00. The highest BCUT2D eigenvalue weighted by Gasteiger charge is 1.99. The number of benzene rings is 1. The number of aliphatic hydroxyl groups excluding tert-OH is 1. The van der Waals surface area contributed by atoms with Gasteiger partial charge in [0, 0.05) is 24.7 Å². The zero-order chi connectivity index (χ0) is 15.5. The Hall–Kier alpha value is -0.830. The van der Waals surface area contributed by atoms with Crippen molar-refractivity contribution in [2.75, 3.05) is 12.8 Å². The van der Waals surface area contributed by atoms with Crippen molar-refractivity contribution < 1.29 is 14.5 Å². The maximum atomic E-state index is 10.2. The molecule has 5 nitrogen and oxygen atoms in total. The number of carbonyl (C=O) groups is 1. The number of thiazole rings is 1. The number of halogens is 2. The minimum atomic E-state index is 0.391. The highest BCUT2D eigenvalue weighted by atomic mass is 35.5. The average Bonchev–Trinajstić information content (AvgIpc) is 2.85. The molecule has 0 bridgehead atoms. The van der Waals surface area contributed by atoms with E-state index in [-0.39, 0.29) is 0 Å². The van der Waals surface area contributed by atoms with E-state index in [1.54, 1.807) is 12.1 Å². The highest BCUT2D eigenvalue weighted by molar-refractivity contribution is 7.93. The Kier molecular flexibility index (Phi) is 10.4. The van der Waals surface area contributed by atoms with Crippen molar-refractivity contribution in [1.29, 1.82) is 0 Å². The summed E-state index contributed by atoms with van der Waals surface area (Å²) < 4.78 is 9.26. The first-order valence-electron chi connectivity index (χ1n) is 4.94. The van der Waals surface area contributed by atoms with Crippen LogP contribution in [0.2, 0.25) is 9.36 Å². The summed E-state index contributed by atoms with van der Waals surface area (Å²) in [5.41, 5.74) is 5.71. The molecule has 0 saturated heterocycles. The summed E-state index contributed by atoms with van der Waals surface area (Å²) in [6.45, 7) is 0. The van der Waals surface area contributed by atoms with Gasteiger partial charge in [-0.1, -0.05) is 40.6 Å². The van der Waals surface area contributed by atoms with Gasteiger partial charge in [-0.25, -0.2) is 4.98 Å². The van der Waals surface area contributed by atoms with Gasteiger partial charge in [0.1, 0.15) is 10.6 Å². The van der Waals surface area contributed by atoms with E-state index >= 15 is 0 Å². The third-order valence-electron chi connectivity index (χ3n) is 1.69. The number of nitrogens with two attached hydrogens (primary N) is 1. The smallest absolute Gasteiger partial charge is 0.181 e. The van der Waals surface area contributed by atoms with Gasteiger partial charge in [-0.3, -0.25) is 4.79 Å². The highest BCUT2D eigenvalue weighted by Crippen LogP contribution is 2.25. The molecule has 0 spiro atoms. The molecule has 1 aromatic carbocycles. The average molecular weight is 355 g/mol. The van der Waals surface area contributed by atoms with Crippen molar-refractivity contribution in [3.63, 3.8) is 0 Å². The van der Waals surface area contributed by atoms with E-state index in [1.165, 1.54) is 23.6 Å². The lowest BCUT2D eigenvalue weighted by molar-refractivity contribution is 0.112. The largest absolute Gasteiger partial charge is 0.400 e. The summed E-state index contributed by atoms with van der Waals surface area (Å²) in [5, 5.41) is 7.91. The van der Waals surface area contributed by atoms with Crippen LogP contribution in [0.4, 0.5) is 5.13 Å². The number of nitrogens with zero attached hydrogens (tertiary/aromatic N) is 1. The number of carbonyl (C=O) groups excluding carboxylic acids is 1. The SMILES string of the molecule is CO.Nc1ncc(Cl)s1.O=Cc1ccc(SO)c(Cl)c1. The summed E-state index contributed by atoms with van der Waals surface area (Å²) in [5.74, 6) is 0. The molecular formula is C11H12Cl2N2O3S2. The van der Waals surface area contributed by atoms with Crippen LogP contribution in [0.1, 0.15) is 10.4 Å². The molecule has 0 aliphatic rings. The molecule has 0 amide bonds. The van der Waals surface area contributed by atoms with Crippen molar-refractivity contribution in [3.8, 4) is 0 Å². The molecule has 0 radical (unpaired) electrons. The van der Waals surface area contributed by atoms with Gasteiger partial charge in [-0.2, -0.15) is 0 Å². The van der Waals surface area contributed by atoms with Gasteiger partial charge in [0.2, 0.25) is 0 Å². The summed E-state index contributed by atoms with van der Waals surface area (Å²) in [6.07, 6.45) is 2.24. The fourth-order valence-electron chi connectivity index (χ4n) is 0.931. The van der Waals surface area contributed by atoms with Gasteiger partial charge in [0.15, 0.2) is 5.13 Å². The molecule has 110 valence electrons. The van der Waals surface area contributed by atoms with Crippen LogP contribution in [0.15, 0.2) is 29.3 Å². The summed E-state index contributed by atoms with van der Waals surface area (Å²) in [4.78, 5) is 14.5. The molecular weight excluding hydrogens is 343 g/mol. The molecule has 0 aliphatic carbocycles. The van der Waals surface area contributed by atoms with Gasteiger partial charge >= 0.3 is 0 Å². The van der Waals surface area contributed by atoms with Crippen molar-refractivity contribution >= 4 is 58.0 Å². The number of aldehydes is 1. The Morgan fingerprint density at radius 3 is 2.35 bits per heavy atom. The van der Waals surface area contributed by atoms with Crippen LogP contribution in [0, 0.1) is 0 Å². The molecule has 0 fully saturated rings. The number of nitrogen functional groups attached to an aromatic ring is 1. The van der Waals surface area contributed by atoms with Gasteiger partial charge in [-0.15, -0.1) is 0 Å². The summed E-state index contributed by atoms with van der Waals surface area (Å²) in [6, 6.07) is 4.70. The maximum Gasteiger partial charge on any atom is 0.181 e. The summed E-state index contributed by atoms with van der Waals surface area (Å²) >= 11 is 12.9. The van der Waals surface area contributed by atoms with E-state index < -0.39 is 0 Å². The lowest BCUT2D eigenvalue weighted by Crippen LogP contribution is -1.80. The standard InChI is InChI=1S/C7H5ClO2S.C3H3ClN2S.CH4O/c8-6-3-5(4-9)1-2-7(6)11-10;4-2-1-6-3(5)7-2;1-2/h1-4,10H;1H,(H2,5,6);2H,1H3. The first-order valence-corrected chi connectivity index (χ1v) is 7.29. The molecule has 4 N–H and O–H groups in total. The van der Waals surface area contributed by atoms with Crippen molar-refractivity contribution in [3.05, 3.63) is 39.3 Å². The fraction of sp³-hybridized carbons (Fsp3) is 0.0909. The van der Waals surface area contributed by atoms with Gasteiger partial charge in [0.05, 0.1) is 16.1 Å². The van der Waals surface area contributed by atoms with Crippen LogP contribution in [0.5, 0.6) is 0 Å². The molecule has 2 rings (SSSR count). The molecule has 1 aromatic heterocycles. The fourth-order valence-corrected chi connectivity index (χ4v) is 2.20. The lowest BCUT2D eigenvalue weighted by atomic mass is 10.2. The van der Waals surface area contributed by atoms with E-state index in [1.807, 2.05) is 0 Å². The van der Waals surface area contributed by atoms with Crippen LogP contribution >= 0.6 is 46.6 Å². The van der Waals surface area contributed by atoms with Crippen LogP contribution in [-0.4, -0.2) is 28.0 Å². The van der Waals surface area contributed by atoms with Crippen molar-refractivity contribution in [1.82, 2.24) is 4.98 Å². The Balaban J connectivity index is 0.000000345. The Morgan fingerprint density at radius 2 is 2.05 bits per heavy atom.